The molecule has 0 aliphatic heterocycles. The van der Waals surface area contributed by atoms with Crippen LogP contribution in [0.15, 0.2) is 48.8 Å². The molecule has 35 heavy (non-hydrogen) atoms. The lowest BCUT2D eigenvalue weighted by molar-refractivity contribution is -0.117. The zero-order valence-corrected chi connectivity index (χ0v) is 20.2. The van der Waals surface area contributed by atoms with Gasteiger partial charge in [0.25, 0.3) is 0 Å². The maximum atomic E-state index is 12.0. The number of thiazole rings is 1. The summed E-state index contributed by atoms with van der Waals surface area (Å²) in [6, 6.07) is 11.5. The summed E-state index contributed by atoms with van der Waals surface area (Å²) in [7, 11) is 1.57. The van der Waals surface area contributed by atoms with E-state index < -0.39 is 0 Å². The Bertz CT molecular complexity index is 1380. The largest absolute Gasteiger partial charge is 0.384 e. The average molecular weight is 489 g/mol. The van der Waals surface area contributed by atoms with Crippen LogP contribution in [0.3, 0.4) is 0 Å². The smallest absolute Gasteiger partial charge is 0.226 e. The molecular weight excluding hydrogens is 464 g/mol. The van der Waals surface area contributed by atoms with Gasteiger partial charge in [0.05, 0.1) is 40.7 Å². The van der Waals surface area contributed by atoms with Crippen molar-refractivity contribution in [2.75, 3.05) is 24.4 Å². The van der Waals surface area contributed by atoms with Crippen molar-refractivity contribution in [2.45, 2.75) is 26.2 Å². The number of hydrogen-bond acceptors (Lipinski definition) is 7. The molecule has 0 spiro atoms. The molecule has 0 fully saturated rings. The van der Waals surface area contributed by atoms with E-state index >= 15 is 0 Å². The molecule has 4 aromatic rings. The molecule has 3 heterocycles. The molecule has 3 aromatic heterocycles. The van der Waals surface area contributed by atoms with Crippen LogP contribution in [0.2, 0.25) is 0 Å². The van der Waals surface area contributed by atoms with Gasteiger partial charge in [0.15, 0.2) is 5.13 Å². The van der Waals surface area contributed by atoms with Crippen molar-refractivity contribution in [2.24, 2.45) is 0 Å². The standard InChI is InChI=1S/C25H24N6O3S/c1-15(32)27-25-29-20-10-9-19-22(16-4-3-12-26-14-16)30-31(23(19)24(20)35-25)18-7-5-17(6-8-18)28-21(33)11-13-34-2/h3-8,12,14H,9-11,13H2,1-2H3,(H,28,33)(H,27,29,32). The number of nitrogens with one attached hydrogen (secondary N) is 2. The van der Waals surface area contributed by atoms with E-state index in [1.165, 1.54) is 18.3 Å². The molecule has 0 bridgehead atoms. The number of fused-ring (bicyclic) bond motifs is 3. The second-order valence-electron chi connectivity index (χ2n) is 8.14. The summed E-state index contributed by atoms with van der Waals surface area (Å²) in [5.74, 6) is -0.251. The summed E-state index contributed by atoms with van der Waals surface area (Å²) in [6.45, 7) is 1.85. The summed E-state index contributed by atoms with van der Waals surface area (Å²) < 4.78 is 6.88. The molecule has 5 rings (SSSR count). The second-order valence-corrected chi connectivity index (χ2v) is 9.14. The fraction of sp³-hybridized carbons (Fsp3) is 0.240. The maximum absolute atomic E-state index is 12.0. The van der Waals surface area contributed by atoms with Crippen molar-refractivity contribution in [3.8, 4) is 27.5 Å². The highest BCUT2D eigenvalue weighted by molar-refractivity contribution is 7.19. The Labute approximate surface area is 206 Å². The van der Waals surface area contributed by atoms with E-state index in [1.54, 1.807) is 13.3 Å². The Hall–Kier alpha value is -3.89. The fourth-order valence-corrected chi connectivity index (χ4v) is 5.22. The van der Waals surface area contributed by atoms with Crippen molar-refractivity contribution >= 4 is 34.0 Å². The van der Waals surface area contributed by atoms with E-state index in [4.69, 9.17) is 9.84 Å². The van der Waals surface area contributed by atoms with Crippen LogP contribution >= 0.6 is 11.3 Å². The minimum atomic E-state index is -0.149. The molecule has 2 N–H and O–H groups in total. The molecule has 1 aromatic carbocycles. The number of nitrogens with zero attached hydrogens (tertiary/aromatic N) is 4. The number of methoxy groups -OCH3 is 1. The van der Waals surface area contributed by atoms with Crippen LogP contribution in [0, 0.1) is 0 Å². The maximum Gasteiger partial charge on any atom is 0.226 e. The molecule has 0 atom stereocenters. The average Bonchev–Trinajstić information content (AvgIpc) is 3.44. The number of hydrogen-bond donors (Lipinski definition) is 2. The normalized spacial score (nSPS) is 12.1. The third-order valence-corrected chi connectivity index (χ3v) is 6.67. The number of pyridine rings is 1. The van der Waals surface area contributed by atoms with Crippen LogP contribution in [0.5, 0.6) is 0 Å². The van der Waals surface area contributed by atoms with E-state index in [2.05, 4.69) is 20.6 Å². The summed E-state index contributed by atoms with van der Waals surface area (Å²) in [5.41, 5.74) is 6.43. The van der Waals surface area contributed by atoms with Crippen molar-refractivity contribution in [3.63, 3.8) is 0 Å². The first-order valence-corrected chi connectivity index (χ1v) is 12.0. The molecule has 2 amide bonds. The molecule has 0 saturated carbocycles. The van der Waals surface area contributed by atoms with Gasteiger partial charge in [-0.2, -0.15) is 5.10 Å². The lowest BCUT2D eigenvalue weighted by atomic mass is 9.95. The monoisotopic (exact) mass is 488 g/mol. The Morgan fingerprint density at radius 1 is 1.14 bits per heavy atom. The number of amides is 2. The van der Waals surface area contributed by atoms with Gasteiger partial charge in [0.2, 0.25) is 11.8 Å². The van der Waals surface area contributed by atoms with Gasteiger partial charge < -0.3 is 15.4 Å². The number of carbonyl (C=O) groups is 2. The predicted octanol–water partition coefficient (Wildman–Crippen LogP) is 4.09. The number of carbonyl (C=O) groups excluding carboxylic acids is 2. The van der Waals surface area contributed by atoms with E-state index in [0.29, 0.717) is 23.8 Å². The van der Waals surface area contributed by atoms with Crippen molar-refractivity contribution in [1.29, 1.82) is 0 Å². The molecule has 9 nitrogen and oxygen atoms in total. The van der Waals surface area contributed by atoms with Crippen molar-refractivity contribution < 1.29 is 14.3 Å². The summed E-state index contributed by atoms with van der Waals surface area (Å²) in [6.07, 6.45) is 5.40. The second kappa shape index (κ2) is 9.77. The van der Waals surface area contributed by atoms with Gasteiger partial charge in [-0.05, 0) is 49.2 Å². The molecule has 1 aliphatic carbocycles. The van der Waals surface area contributed by atoms with Crippen LogP contribution in [0.1, 0.15) is 24.6 Å². The van der Waals surface area contributed by atoms with Gasteiger partial charge >= 0.3 is 0 Å². The van der Waals surface area contributed by atoms with Gasteiger partial charge in [0, 0.05) is 43.2 Å². The zero-order chi connectivity index (χ0) is 24.4. The van der Waals surface area contributed by atoms with Gasteiger partial charge in [-0.3, -0.25) is 14.6 Å². The minimum Gasteiger partial charge on any atom is -0.384 e. The summed E-state index contributed by atoms with van der Waals surface area (Å²) in [5, 5.41) is 11.3. The summed E-state index contributed by atoms with van der Waals surface area (Å²) >= 11 is 1.45. The van der Waals surface area contributed by atoms with Crippen LogP contribution in [-0.4, -0.2) is 45.3 Å². The lowest BCUT2D eigenvalue weighted by Gasteiger charge is -2.14. The topological polar surface area (TPSA) is 111 Å². The molecule has 178 valence electrons. The van der Waals surface area contributed by atoms with Gasteiger partial charge in [-0.25, -0.2) is 9.67 Å². The molecule has 1 aliphatic rings. The number of aryl methyl sites for hydroxylation is 1. The summed E-state index contributed by atoms with van der Waals surface area (Å²) in [4.78, 5) is 33.6. The predicted molar refractivity (Wildman–Crippen MR) is 135 cm³/mol. The molecule has 0 unspecified atom stereocenters. The highest BCUT2D eigenvalue weighted by Crippen LogP contribution is 2.44. The van der Waals surface area contributed by atoms with E-state index in [0.717, 1.165) is 51.6 Å². The van der Waals surface area contributed by atoms with Crippen LogP contribution in [0.25, 0.3) is 27.5 Å². The Kier molecular flexibility index (Phi) is 6.39. The first-order valence-electron chi connectivity index (χ1n) is 11.2. The Balaban J connectivity index is 1.56. The Morgan fingerprint density at radius 3 is 2.69 bits per heavy atom. The Morgan fingerprint density at radius 2 is 1.97 bits per heavy atom. The number of benzene rings is 1. The minimum absolute atomic E-state index is 0.102. The highest BCUT2D eigenvalue weighted by atomic mass is 32.1. The lowest BCUT2D eigenvalue weighted by Crippen LogP contribution is -2.13. The van der Waals surface area contributed by atoms with Gasteiger partial charge in [-0.15, -0.1) is 0 Å². The first-order chi connectivity index (χ1) is 17.0. The number of rotatable bonds is 7. The molecule has 10 heteroatoms. The molecule has 0 radical (unpaired) electrons. The van der Waals surface area contributed by atoms with Crippen LogP contribution < -0.4 is 10.6 Å². The van der Waals surface area contributed by atoms with Crippen molar-refractivity contribution in [1.82, 2.24) is 19.7 Å². The van der Waals surface area contributed by atoms with Crippen LogP contribution in [-0.2, 0) is 27.2 Å². The van der Waals surface area contributed by atoms with Gasteiger partial charge in [-0.1, -0.05) is 11.3 Å². The first kappa shape index (κ1) is 22.9. The van der Waals surface area contributed by atoms with Gasteiger partial charge in [0.1, 0.15) is 0 Å². The van der Waals surface area contributed by atoms with E-state index in [1.807, 2.05) is 47.3 Å². The third kappa shape index (κ3) is 4.71. The number of anilines is 2. The van der Waals surface area contributed by atoms with E-state index in [9.17, 15) is 9.59 Å². The fourth-order valence-electron chi connectivity index (χ4n) is 4.10. The molecule has 0 saturated heterocycles. The number of ether oxygens (including phenoxy) is 1. The van der Waals surface area contributed by atoms with Crippen LogP contribution in [0.4, 0.5) is 10.8 Å². The highest BCUT2D eigenvalue weighted by Gasteiger charge is 2.30. The van der Waals surface area contributed by atoms with Crippen molar-refractivity contribution in [3.05, 3.63) is 60.0 Å². The SMILES string of the molecule is COCCC(=O)Nc1ccc(-n2nc(-c3cccnc3)c3c2-c2sc(NC(C)=O)nc2CC3)cc1. The quantitative estimate of drug-likeness (QED) is 0.405. The van der Waals surface area contributed by atoms with E-state index in [-0.39, 0.29) is 11.8 Å². The molecular formula is C25H24N6O3S. The zero-order valence-electron chi connectivity index (χ0n) is 19.4. The third-order valence-electron chi connectivity index (χ3n) is 5.65. The number of aromatic nitrogens is 4.